The molecule has 5 heteroatoms. The molecule has 2 aromatic carbocycles. The normalized spacial score (nSPS) is 16.8. The fourth-order valence-corrected chi connectivity index (χ4v) is 3.50. The minimum absolute atomic E-state index is 0.0651. The number of piperazine rings is 1. The smallest absolute Gasteiger partial charge is 0.246 e. The second-order valence-electron chi connectivity index (χ2n) is 7.42. The number of hydrogen-bond acceptors (Lipinski definition) is 4. The summed E-state index contributed by atoms with van der Waals surface area (Å²) in [6.45, 7) is 6.65. The molecule has 1 amide bonds. The number of aryl methyl sites for hydroxylation is 1. The van der Waals surface area contributed by atoms with E-state index in [-0.39, 0.29) is 12.7 Å². The van der Waals surface area contributed by atoms with Crippen LogP contribution in [0.15, 0.2) is 60.7 Å². The third-order valence-corrected chi connectivity index (χ3v) is 5.25. The summed E-state index contributed by atoms with van der Waals surface area (Å²) in [5, 5.41) is 0. The van der Waals surface area contributed by atoms with Gasteiger partial charge in [0.2, 0.25) is 12.7 Å². The van der Waals surface area contributed by atoms with E-state index >= 15 is 0 Å². The predicted molar refractivity (Wildman–Crippen MR) is 114 cm³/mol. The molecule has 1 fully saturated rings. The summed E-state index contributed by atoms with van der Waals surface area (Å²) in [5.74, 6) is 1.60. The highest BCUT2D eigenvalue weighted by atomic mass is 16.7. The van der Waals surface area contributed by atoms with Crippen LogP contribution in [-0.2, 0) is 11.3 Å². The zero-order valence-electron chi connectivity index (χ0n) is 16.7. The van der Waals surface area contributed by atoms with Crippen LogP contribution in [0.1, 0.15) is 16.7 Å². The van der Waals surface area contributed by atoms with Gasteiger partial charge in [0.1, 0.15) is 0 Å². The van der Waals surface area contributed by atoms with E-state index in [2.05, 4.69) is 36.1 Å². The number of fused-ring (bicyclic) bond motifs is 1. The highest BCUT2D eigenvalue weighted by Gasteiger charge is 2.19. The molecule has 29 heavy (non-hydrogen) atoms. The number of allylic oxidation sites excluding steroid dienone is 2. The lowest BCUT2D eigenvalue weighted by Gasteiger charge is -2.34. The maximum atomic E-state index is 12.4. The Balaban J connectivity index is 1.23. The van der Waals surface area contributed by atoms with Crippen LogP contribution in [0.25, 0.3) is 6.08 Å². The van der Waals surface area contributed by atoms with Crippen molar-refractivity contribution in [3.05, 3.63) is 77.4 Å². The van der Waals surface area contributed by atoms with Gasteiger partial charge in [-0.25, -0.2) is 0 Å². The van der Waals surface area contributed by atoms with Gasteiger partial charge in [0.25, 0.3) is 0 Å². The molecule has 150 valence electrons. The van der Waals surface area contributed by atoms with Crippen LogP contribution in [0.2, 0.25) is 0 Å². The Morgan fingerprint density at radius 1 is 0.966 bits per heavy atom. The van der Waals surface area contributed by atoms with Gasteiger partial charge in [-0.1, -0.05) is 54.1 Å². The molecule has 5 nitrogen and oxygen atoms in total. The number of nitrogens with zero attached hydrogens (tertiary/aromatic N) is 2. The van der Waals surface area contributed by atoms with Crippen molar-refractivity contribution in [3.8, 4) is 11.5 Å². The molecule has 0 atom stereocenters. The van der Waals surface area contributed by atoms with Crippen molar-refractivity contribution >= 4 is 12.0 Å². The Labute approximate surface area is 171 Å². The summed E-state index contributed by atoms with van der Waals surface area (Å²) in [7, 11) is 0. The minimum atomic E-state index is 0.0651. The van der Waals surface area contributed by atoms with Gasteiger partial charge < -0.3 is 14.4 Å². The van der Waals surface area contributed by atoms with Gasteiger partial charge in [-0.15, -0.1) is 0 Å². The Morgan fingerprint density at radius 2 is 1.72 bits per heavy atom. The van der Waals surface area contributed by atoms with E-state index in [0.717, 1.165) is 49.8 Å². The number of amides is 1. The lowest BCUT2D eigenvalue weighted by molar-refractivity contribution is -0.127. The summed E-state index contributed by atoms with van der Waals surface area (Å²) >= 11 is 0. The van der Waals surface area contributed by atoms with Crippen LogP contribution in [0.4, 0.5) is 0 Å². The second kappa shape index (κ2) is 8.97. The van der Waals surface area contributed by atoms with Gasteiger partial charge >= 0.3 is 0 Å². The maximum Gasteiger partial charge on any atom is 0.246 e. The third-order valence-electron chi connectivity index (χ3n) is 5.25. The van der Waals surface area contributed by atoms with Crippen LogP contribution in [0.3, 0.4) is 0 Å². The van der Waals surface area contributed by atoms with Crippen LogP contribution >= 0.6 is 0 Å². The first-order chi connectivity index (χ1) is 14.2. The van der Waals surface area contributed by atoms with Gasteiger partial charge in [0.15, 0.2) is 11.5 Å². The average molecular weight is 390 g/mol. The molecule has 0 aliphatic carbocycles. The first-order valence-electron chi connectivity index (χ1n) is 9.98. The maximum absolute atomic E-state index is 12.4. The van der Waals surface area contributed by atoms with Crippen LogP contribution < -0.4 is 9.47 Å². The zero-order valence-corrected chi connectivity index (χ0v) is 16.7. The topological polar surface area (TPSA) is 42.0 Å². The summed E-state index contributed by atoms with van der Waals surface area (Å²) < 4.78 is 10.7. The van der Waals surface area contributed by atoms with Gasteiger partial charge in [0.05, 0.1) is 0 Å². The molecule has 0 saturated carbocycles. The van der Waals surface area contributed by atoms with Crippen molar-refractivity contribution in [2.24, 2.45) is 0 Å². The van der Waals surface area contributed by atoms with Crippen molar-refractivity contribution in [2.75, 3.05) is 33.0 Å². The van der Waals surface area contributed by atoms with E-state index < -0.39 is 0 Å². The lowest BCUT2D eigenvalue weighted by Crippen LogP contribution is -2.47. The Morgan fingerprint density at radius 3 is 2.52 bits per heavy atom. The van der Waals surface area contributed by atoms with Gasteiger partial charge in [-0.3, -0.25) is 9.69 Å². The van der Waals surface area contributed by atoms with E-state index in [1.165, 1.54) is 11.1 Å². The van der Waals surface area contributed by atoms with E-state index in [1.54, 1.807) is 12.2 Å². The van der Waals surface area contributed by atoms with E-state index in [4.69, 9.17) is 9.47 Å². The molecule has 2 aliphatic rings. The summed E-state index contributed by atoms with van der Waals surface area (Å²) in [6.07, 6.45) is 7.26. The van der Waals surface area contributed by atoms with Gasteiger partial charge in [-0.2, -0.15) is 0 Å². The number of carbonyl (C=O) groups excluding carboxylic acids is 1. The molecule has 4 rings (SSSR count). The molecule has 0 aromatic heterocycles. The molecule has 2 aromatic rings. The summed E-state index contributed by atoms with van der Waals surface area (Å²) in [5.41, 5.74) is 3.61. The van der Waals surface area contributed by atoms with Crippen LogP contribution in [0.5, 0.6) is 11.5 Å². The minimum Gasteiger partial charge on any atom is -0.454 e. The molecule has 0 radical (unpaired) electrons. The number of ether oxygens (including phenoxy) is 2. The second-order valence-corrected chi connectivity index (χ2v) is 7.42. The summed E-state index contributed by atoms with van der Waals surface area (Å²) in [4.78, 5) is 16.7. The Hall–Kier alpha value is -3.05. The molecular weight excluding hydrogens is 364 g/mol. The molecule has 0 spiro atoms. The van der Waals surface area contributed by atoms with E-state index in [9.17, 15) is 4.79 Å². The molecule has 2 heterocycles. The average Bonchev–Trinajstić information content (AvgIpc) is 3.21. The van der Waals surface area contributed by atoms with Gasteiger partial charge in [0, 0.05) is 38.8 Å². The third kappa shape index (κ3) is 5.06. The first-order valence-corrected chi connectivity index (χ1v) is 9.98. The zero-order chi connectivity index (χ0) is 20.1. The Kier molecular flexibility index (Phi) is 5.96. The Bertz CT molecular complexity index is 910. The fraction of sp³-hybridized carbons (Fsp3) is 0.292. The number of benzene rings is 2. The summed E-state index contributed by atoms with van der Waals surface area (Å²) in [6, 6.07) is 14.5. The highest BCUT2D eigenvalue weighted by Crippen LogP contribution is 2.32. The van der Waals surface area contributed by atoms with Crippen LogP contribution in [-0.4, -0.2) is 48.7 Å². The first kappa shape index (κ1) is 19.3. The quantitative estimate of drug-likeness (QED) is 0.577. The standard InChI is InChI=1S/C24H26N2O3/c1-19-6-8-21(9-7-19)17-25-12-14-26(15-13-25)24(27)5-3-2-4-20-10-11-22-23(16-20)29-18-28-22/h2-11,16H,12-15,17-18H2,1H3/b4-2+,5-3+. The van der Waals surface area contributed by atoms with Crippen molar-refractivity contribution in [1.82, 2.24) is 9.80 Å². The largest absolute Gasteiger partial charge is 0.454 e. The number of rotatable bonds is 5. The fourth-order valence-electron chi connectivity index (χ4n) is 3.50. The van der Waals surface area contributed by atoms with E-state index in [1.807, 2.05) is 35.3 Å². The monoisotopic (exact) mass is 390 g/mol. The molecular formula is C24H26N2O3. The number of hydrogen-bond donors (Lipinski definition) is 0. The highest BCUT2D eigenvalue weighted by molar-refractivity contribution is 5.88. The molecule has 0 N–H and O–H groups in total. The van der Waals surface area contributed by atoms with Crippen molar-refractivity contribution < 1.29 is 14.3 Å². The van der Waals surface area contributed by atoms with E-state index in [0.29, 0.717) is 0 Å². The van der Waals surface area contributed by atoms with Crippen molar-refractivity contribution in [3.63, 3.8) is 0 Å². The number of carbonyl (C=O) groups is 1. The predicted octanol–water partition coefficient (Wildman–Crippen LogP) is 3.64. The molecule has 0 unspecified atom stereocenters. The van der Waals surface area contributed by atoms with Gasteiger partial charge in [-0.05, 0) is 30.2 Å². The van der Waals surface area contributed by atoms with Crippen molar-refractivity contribution in [1.29, 1.82) is 0 Å². The molecule has 0 bridgehead atoms. The molecule has 1 saturated heterocycles. The lowest BCUT2D eigenvalue weighted by atomic mass is 10.1. The van der Waals surface area contributed by atoms with Crippen LogP contribution in [0, 0.1) is 6.92 Å². The molecule has 2 aliphatic heterocycles. The van der Waals surface area contributed by atoms with Crippen molar-refractivity contribution in [2.45, 2.75) is 13.5 Å². The SMILES string of the molecule is Cc1ccc(CN2CCN(C(=O)/C=C/C=C/c3ccc4c(c3)OCO4)CC2)cc1.